The zero-order chi connectivity index (χ0) is 22.1. The summed E-state index contributed by atoms with van der Waals surface area (Å²) in [6.07, 6.45) is 10.7. The van der Waals surface area contributed by atoms with Crippen LogP contribution in [0.5, 0.6) is 0 Å². The Labute approximate surface area is 181 Å². The number of hydrogen-bond donors (Lipinski definition) is 0. The molecule has 0 bridgehead atoms. The van der Waals surface area contributed by atoms with Crippen molar-refractivity contribution in [3.8, 4) is 0 Å². The van der Waals surface area contributed by atoms with Crippen molar-refractivity contribution in [2.45, 2.75) is 97.1 Å². The predicted octanol–water partition coefficient (Wildman–Crippen LogP) is 9.42. The topological polar surface area (TPSA) is 0 Å². The molecule has 0 aromatic heterocycles. The lowest BCUT2D eigenvalue weighted by atomic mass is 10.0. The zero-order valence-electron chi connectivity index (χ0n) is 18.8. The largest absolute Gasteiger partial charge is 0.416 e. The van der Waals surface area contributed by atoms with E-state index in [1.807, 2.05) is 0 Å². The Morgan fingerprint density at radius 2 is 0.967 bits per heavy atom. The maximum absolute atomic E-state index is 12.3. The molecule has 2 rings (SSSR count). The van der Waals surface area contributed by atoms with E-state index in [0.717, 1.165) is 24.8 Å². The second-order valence-corrected chi connectivity index (χ2v) is 8.01. The molecule has 0 aliphatic heterocycles. The van der Waals surface area contributed by atoms with Gasteiger partial charge in [0.05, 0.1) is 5.56 Å². The molecule has 0 amide bonds. The van der Waals surface area contributed by atoms with Crippen molar-refractivity contribution >= 4 is 0 Å². The second-order valence-electron chi connectivity index (χ2n) is 8.01. The fourth-order valence-corrected chi connectivity index (χ4v) is 3.37. The van der Waals surface area contributed by atoms with Gasteiger partial charge in [-0.1, -0.05) is 108 Å². The molecule has 0 spiro atoms. The lowest BCUT2D eigenvalue weighted by Crippen LogP contribution is -2.04. The molecule has 3 heteroatoms. The summed E-state index contributed by atoms with van der Waals surface area (Å²) in [5, 5.41) is 0. The third-order valence-electron chi connectivity index (χ3n) is 5.26. The van der Waals surface area contributed by atoms with Gasteiger partial charge in [-0.2, -0.15) is 13.2 Å². The maximum atomic E-state index is 12.3. The Morgan fingerprint density at radius 1 is 0.533 bits per heavy atom. The molecule has 0 N–H and O–H groups in total. The van der Waals surface area contributed by atoms with Crippen LogP contribution in [0.3, 0.4) is 0 Å². The minimum absolute atomic E-state index is 0.563. The first-order valence-electron chi connectivity index (χ1n) is 11.7. The fraction of sp³-hybridized carbons (Fsp3) is 0.556. The summed E-state index contributed by atoms with van der Waals surface area (Å²) >= 11 is 0. The monoisotopic (exact) mass is 420 g/mol. The van der Waals surface area contributed by atoms with Crippen LogP contribution in [0.4, 0.5) is 13.2 Å². The number of alkyl halides is 3. The molecule has 0 radical (unpaired) electrons. The van der Waals surface area contributed by atoms with Gasteiger partial charge in [0.25, 0.3) is 0 Å². The Bertz CT molecular complexity index is 629. The Balaban J connectivity index is 0.000000311. The molecule has 168 valence electrons. The molecule has 0 aliphatic carbocycles. The van der Waals surface area contributed by atoms with Crippen molar-refractivity contribution in [2.24, 2.45) is 0 Å². The highest BCUT2D eigenvalue weighted by Gasteiger charge is 2.29. The third-order valence-corrected chi connectivity index (χ3v) is 5.26. The van der Waals surface area contributed by atoms with E-state index in [0.29, 0.717) is 0 Å². The van der Waals surface area contributed by atoms with Crippen LogP contribution in [0.25, 0.3) is 0 Å². The van der Waals surface area contributed by atoms with Gasteiger partial charge in [0.15, 0.2) is 0 Å². The minimum atomic E-state index is -4.22. The number of unbranched alkanes of at least 4 members (excludes halogenated alkanes) is 8. The molecule has 2 aromatic rings. The SMILES string of the molecule is CCCCCCCc1ccc(C(F)(F)F)cc1.CCCCCCCc1ccccc1. The van der Waals surface area contributed by atoms with Crippen LogP contribution in [0, 0.1) is 0 Å². The highest BCUT2D eigenvalue weighted by atomic mass is 19.4. The minimum Gasteiger partial charge on any atom is -0.166 e. The van der Waals surface area contributed by atoms with E-state index < -0.39 is 11.7 Å². The van der Waals surface area contributed by atoms with Gasteiger partial charge in [-0.25, -0.2) is 0 Å². The van der Waals surface area contributed by atoms with Crippen molar-refractivity contribution in [3.63, 3.8) is 0 Å². The van der Waals surface area contributed by atoms with Crippen molar-refractivity contribution < 1.29 is 13.2 Å². The average molecular weight is 421 g/mol. The smallest absolute Gasteiger partial charge is 0.166 e. The molecular formula is C27H39F3. The van der Waals surface area contributed by atoms with Gasteiger partial charge in [-0.15, -0.1) is 0 Å². The zero-order valence-corrected chi connectivity index (χ0v) is 18.8. The van der Waals surface area contributed by atoms with E-state index >= 15 is 0 Å². The van der Waals surface area contributed by atoms with Crippen molar-refractivity contribution in [2.75, 3.05) is 0 Å². The lowest BCUT2D eigenvalue weighted by molar-refractivity contribution is -0.137. The van der Waals surface area contributed by atoms with Gasteiger partial charge in [-0.3, -0.25) is 0 Å². The van der Waals surface area contributed by atoms with Gasteiger partial charge >= 0.3 is 6.18 Å². The molecule has 0 nitrogen and oxygen atoms in total. The predicted molar refractivity (Wildman–Crippen MR) is 123 cm³/mol. The molecule has 0 heterocycles. The van der Waals surface area contributed by atoms with E-state index in [4.69, 9.17) is 0 Å². The van der Waals surface area contributed by atoms with E-state index in [2.05, 4.69) is 44.2 Å². The second kappa shape index (κ2) is 16.0. The summed E-state index contributed by atoms with van der Waals surface area (Å²) < 4.78 is 36.9. The molecule has 0 saturated carbocycles. The van der Waals surface area contributed by atoms with E-state index in [-0.39, 0.29) is 0 Å². The molecule has 2 aromatic carbocycles. The molecule has 0 saturated heterocycles. The van der Waals surface area contributed by atoms with Crippen molar-refractivity contribution in [1.29, 1.82) is 0 Å². The van der Waals surface area contributed by atoms with Crippen LogP contribution in [0.2, 0.25) is 0 Å². The van der Waals surface area contributed by atoms with Crippen LogP contribution < -0.4 is 0 Å². The first-order valence-corrected chi connectivity index (χ1v) is 11.7. The fourth-order valence-electron chi connectivity index (χ4n) is 3.37. The summed E-state index contributed by atoms with van der Waals surface area (Å²) in [6, 6.07) is 16.3. The van der Waals surface area contributed by atoms with Crippen molar-refractivity contribution in [1.82, 2.24) is 0 Å². The number of benzene rings is 2. The van der Waals surface area contributed by atoms with Crippen molar-refractivity contribution in [3.05, 3.63) is 71.3 Å². The van der Waals surface area contributed by atoms with Gasteiger partial charge < -0.3 is 0 Å². The molecule has 0 atom stereocenters. The van der Waals surface area contributed by atoms with Crippen LogP contribution in [-0.4, -0.2) is 0 Å². The standard InChI is InChI=1S/C14H19F3.C13H20/c1-2-3-4-5-6-7-12-8-10-13(11-9-12)14(15,16)17;1-2-3-4-5-7-10-13-11-8-6-9-12-13/h8-11H,2-7H2,1H3;6,8-9,11-12H,2-5,7,10H2,1H3. The van der Waals surface area contributed by atoms with Gasteiger partial charge in [0.2, 0.25) is 0 Å². The Kier molecular flexibility index (Phi) is 14.0. The highest BCUT2D eigenvalue weighted by Crippen LogP contribution is 2.29. The molecular weight excluding hydrogens is 381 g/mol. The summed E-state index contributed by atoms with van der Waals surface area (Å²) in [5.41, 5.74) is 1.92. The summed E-state index contributed by atoms with van der Waals surface area (Å²) in [7, 11) is 0. The third kappa shape index (κ3) is 12.7. The highest BCUT2D eigenvalue weighted by molar-refractivity contribution is 5.24. The normalized spacial score (nSPS) is 11.1. The maximum Gasteiger partial charge on any atom is 0.416 e. The lowest BCUT2D eigenvalue weighted by Gasteiger charge is -2.07. The Hall–Kier alpha value is -1.77. The number of halogens is 3. The van der Waals surface area contributed by atoms with Gasteiger partial charge in [-0.05, 0) is 48.9 Å². The molecule has 30 heavy (non-hydrogen) atoms. The average Bonchev–Trinajstić information content (AvgIpc) is 2.74. The first-order chi connectivity index (χ1) is 14.5. The quantitative estimate of drug-likeness (QED) is 0.300. The van der Waals surface area contributed by atoms with E-state index in [1.54, 1.807) is 12.1 Å². The number of rotatable bonds is 12. The summed E-state index contributed by atoms with van der Waals surface area (Å²) in [5.74, 6) is 0. The van der Waals surface area contributed by atoms with E-state index in [9.17, 15) is 13.2 Å². The summed E-state index contributed by atoms with van der Waals surface area (Å²) in [6.45, 7) is 4.42. The molecule has 0 unspecified atom stereocenters. The van der Waals surface area contributed by atoms with Crippen LogP contribution in [-0.2, 0) is 19.0 Å². The number of aryl methyl sites for hydroxylation is 2. The van der Waals surface area contributed by atoms with Crippen LogP contribution in [0.15, 0.2) is 54.6 Å². The summed E-state index contributed by atoms with van der Waals surface area (Å²) in [4.78, 5) is 0. The van der Waals surface area contributed by atoms with Gasteiger partial charge in [0, 0.05) is 0 Å². The van der Waals surface area contributed by atoms with Crippen LogP contribution in [0.1, 0.15) is 94.7 Å². The Morgan fingerprint density at radius 3 is 1.40 bits per heavy atom. The molecule has 0 fully saturated rings. The first kappa shape index (κ1) is 26.3. The van der Waals surface area contributed by atoms with Crippen LogP contribution >= 0.6 is 0 Å². The molecule has 0 aliphatic rings. The number of hydrogen-bond acceptors (Lipinski definition) is 0. The van der Waals surface area contributed by atoms with Gasteiger partial charge in [0.1, 0.15) is 0 Å². The van der Waals surface area contributed by atoms with E-state index in [1.165, 1.54) is 75.5 Å².